The van der Waals surface area contributed by atoms with Crippen LogP contribution in [0.25, 0.3) is 0 Å². The van der Waals surface area contributed by atoms with Crippen molar-refractivity contribution in [3.63, 3.8) is 0 Å². The van der Waals surface area contributed by atoms with E-state index in [9.17, 15) is 24.1 Å². The van der Waals surface area contributed by atoms with Crippen LogP contribution in [0.4, 0.5) is 20.6 Å². The van der Waals surface area contributed by atoms with Crippen molar-refractivity contribution < 1.29 is 23.6 Å². The molecular formula is C18H11FIN5O5. The van der Waals surface area contributed by atoms with Crippen molar-refractivity contribution in [2.24, 2.45) is 0 Å². The predicted molar refractivity (Wildman–Crippen MR) is 111 cm³/mol. The smallest absolute Gasteiger partial charge is 0.326 e. The molecule has 30 heavy (non-hydrogen) atoms. The zero-order chi connectivity index (χ0) is 21.7. The fraction of sp³-hybridized carbons (Fsp3) is 0. The number of carbonyl (C=O) groups is 2. The number of nitro groups is 1. The number of aromatic nitrogens is 2. The number of benzene rings is 2. The minimum Gasteiger partial charge on any atom is -0.421 e. The molecule has 0 saturated heterocycles. The number of imide groups is 1. The van der Waals surface area contributed by atoms with Crippen LogP contribution in [0, 0.1) is 19.5 Å². The molecule has 0 atom stereocenters. The molecule has 12 heteroatoms. The molecule has 3 rings (SSSR count). The van der Waals surface area contributed by atoms with E-state index < -0.39 is 28.4 Å². The Balaban J connectivity index is 1.70. The van der Waals surface area contributed by atoms with E-state index in [1.807, 2.05) is 27.9 Å². The van der Waals surface area contributed by atoms with Crippen molar-refractivity contribution in [3.8, 4) is 11.8 Å². The molecule has 3 amide bonds. The van der Waals surface area contributed by atoms with Crippen LogP contribution >= 0.6 is 22.6 Å². The highest BCUT2D eigenvalue weighted by Gasteiger charge is 2.21. The molecule has 10 nitrogen and oxygen atoms in total. The molecule has 0 saturated carbocycles. The van der Waals surface area contributed by atoms with Gasteiger partial charge < -0.3 is 10.1 Å². The Labute approximate surface area is 181 Å². The van der Waals surface area contributed by atoms with Gasteiger partial charge in [0.25, 0.3) is 11.6 Å². The monoisotopic (exact) mass is 523 g/mol. The van der Waals surface area contributed by atoms with Gasteiger partial charge >= 0.3 is 12.0 Å². The maximum atomic E-state index is 14.0. The van der Waals surface area contributed by atoms with Gasteiger partial charge in [0.1, 0.15) is 5.56 Å². The maximum Gasteiger partial charge on any atom is 0.326 e. The topological polar surface area (TPSA) is 136 Å². The van der Waals surface area contributed by atoms with Crippen molar-refractivity contribution in [2.75, 3.05) is 5.32 Å². The van der Waals surface area contributed by atoms with E-state index in [2.05, 4.69) is 15.3 Å². The van der Waals surface area contributed by atoms with Gasteiger partial charge in [-0.2, -0.15) is 0 Å². The van der Waals surface area contributed by atoms with Crippen LogP contribution in [-0.4, -0.2) is 26.8 Å². The van der Waals surface area contributed by atoms with Crippen LogP contribution in [0.1, 0.15) is 10.4 Å². The zero-order valence-corrected chi connectivity index (χ0v) is 17.0. The highest BCUT2D eigenvalue weighted by molar-refractivity contribution is 14.1. The second-order valence-corrected chi connectivity index (χ2v) is 6.86. The number of nitro benzene ring substituents is 1. The van der Waals surface area contributed by atoms with Gasteiger partial charge in [0.2, 0.25) is 0 Å². The molecular weight excluding hydrogens is 512 g/mol. The van der Waals surface area contributed by atoms with Crippen LogP contribution in [-0.2, 0) is 0 Å². The molecule has 0 radical (unpaired) electrons. The third-order valence-electron chi connectivity index (χ3n) is 3.56. The lowest BCUT2D eigenvalue weighted by atomic mass is 10.1. The van der Waals surface area contributed by atoms with E-state index in [0.717, 1.165) is 15.7 Å². The summed E-state index contributed by atoms with van der Waals surface area (Å²) < 4.78 is 20.0. The van der Waals surface area contributed by atoms with Gasteiger partial charge in [0.15, 0.2) is 11.6 Å². The Kier molecular flexibility index (Phi) is 6.46. The van der Waals surface area contributed by atoms with Crippen molar-refractivity contribution in [2.45, 2.75) is 0 Å². The number of amides is 3. The Morgan fingerprint density at radius 1 is 1.13 bits per heavy atom. The number of halogens is 2. The minimum atomic E-state index is -0.971. The number of anilines is 1. The lowest BCUT2D eigenvalue weighted by molar-refractivity contribution is -0.385. The first kappa shape index (κ1) is 21.0. The number of para-hydroxylation sites is 1. The summed E-state index contributed by atoms with van der Waals surface area (Å²) >= 11 is 2.00. The van der Waals surface area contributed by atoms with Crippen LogP contribution < -0.4 is 15.4 Å². The standard InChI is InChI=1S/C18H11FIN5O5/c19-13-6-5-11(7-15(13)30-18-21-8-10(20)9-22-18)23-17(27)24-16(26)12-3-1-2-4-14(12)25(28)29/h1-9H,(H2,23,24,26,27). The van der Waals surface area contributed by atoms with Crippen LogP contribution in [0.2, 0.25) is 0 Å². The maximum absolute atomic E-state index is 14.0. The van der Waals surface area contributed by atoms with Gasteiger partial charge in [-0.3, -0.25) is 20.2 Å². The van der Waals surface area contributed by atoms with E-state index >= 15 is 0 Å². The normalized spacial score (nSPS) is 10.2. The van der Waals surface area contributed by atoms with E-state index in [1.54, 1.807) is 0 Å². The van der Waals surface area contributed by atoms with Gasteiger partial charge in [0.05, 0.1) is 4.92 Å². The number of hydrogen-bond acceptors (Lipinski definition) is 7. The van der Waals surface area contributed by atoms with E-state index in [4.69, 9.17) is 4.74 Å². The summed E-state index contributed by atoms with van der Waals surface area (Å²) in [7, 11) is 0. The highest BCUT2D eigenvalue weighted by atomic mass is 127. The van der Waals surface area contributed by atoms with Crippen molar-refractivity contribution in [3.05, 3.63) is 79.9 Å². The van der Waals surface area contributed by atoms with Crippen LogP contribution in [0.3, 0.4) is 0 Å². The molecule has 0 unspecified atom stereocenters. The average Bonchev–Trinajstić information content (AvgIpc) is 2.72. The summed E-state index contributed by atoms with van der Waals surface area (Å²) in [6.45, 7) is 0. The molecule has 0 aliphatic carbocycles. The largest absolute Gasteiger partial charge is 0.421 e. The number of nitrogens with zero attached hydrogens (tertiary/aromatic N) is 3. The minimum absolute atomic E-state index is 0.0949. The van der Waals surface area contributed by atoms with Gasteiger partial charge in [0, 0.05) is 33.8 Å². The number of urea groups is 1. The molecule has 3 aromatic rings. The van der Waals surface area contributed by atoms with Gasteiger partial charge in [-0.15, -0.1) is 0 Å². The number of hydrogen-bond donors (Lipinski definition) is 2. The third kappa shape index (κ3) is 5.22. The Hall–Kier alpha value is -3.68. The Morgan fingerprint density at radius 3 is 2.53 bits per heavy atom. The molecule has 1 aromatic heterocycles. The highest BCUT2D eigenvalue weighted by Crippen LogP contribution is 2.25. The van der Waals surface area contributed by atoms with Crippen LogP contribution in [0.5, 0.6) is 11.8 Å². The predicted octanol–water partition coefficient (Wildman–Crippen LogP) is 3.88. The van der Waals surface area contributed by atoms with Gasteiger partial charge in [-0.05, 0) is 40.8 Å². The SMILES string of the molecule is O=C(NC(=O)c1ccccc1[N+](=O)[O-])Nc1ccc(F)c(Oc2ncc(I)cn2)c1. The molecule has 0 bridgehead atoms. The molecule has 0 fully saturated rings. The molecule has 0 aliphatic rings. The van der Waals surface area contributed by atoms with Crippen LogP contribution in [0.15, 0.2) is 54.9 Å². The lowest BCUT2D eigenvalue weighted by Gasteiger charge is -2.10. The first-order valence-corrected chi connectivity index (χ1v) is 9.22. The first-order chi connectivity index (χ1) is 14.3. The zero-order valence-electron chi connectivity index (χ0n) is 14.8. The summed E-state index contributed by atoms with van der Waals surface area (Å²) in [5, 5.41) is 15.3. The summed E-state index contributed by atoms with van der Waals surface area (Å²) in [5.74, 6) is -1.94. The van der Waals surface area contributed by atoms with E-state index in [1.165, 1.54) is 42.7 Å². The summed E-state index contributed by atoms with van der Waals surface area (Å²) in [5.41, 5.74) is -0.626. The summed E-state index contributed by atoms with van der Waals surface area (Å²) in [6.07, 6.45) is 2.95. The molecule has 2 N–H and O–H groups in total. The number of nitrogens with one attached hydrogen (secondary N) is 2. The Bertz CT molecular complexity index is 1130. The average molecular weight is 523 g/mol. The fourth-order valence-corrected chi connectivity index (χ4v) is 2.55. The van der Waals surface area contributed by atoms with Crippen molar-refractivity contribution >= 4 is 45.9 Å². The second-order valence-electron chi connectivity index (χ2n) is 5.61. The molecule has 2 aromatic carbocycles. The fourth-order valence-electron chi connectivity index (χ4n) is 2.27. The third-order valence-corrected chi connectivity index (χ3v) is 4.12. The summed E-state index contributed by atoms with van der Waals surface area (Å²) in [6, 6.07) is 7.57. The van der Waals surface area contributed by atoms with E-state index in [0.29, 0.717) is 0 Å². The summed E-state index contributed by atoms with van der Waals surface area (Å²) in [4.78, 5) is 42.3. The quantitative estimate of drug-likeness (QED) is 0.294. The van der Waals surface area contributed by atoms with Gasteiger partial charge in [-0.1, -0.05) is 12.1 Å². The second kappa shape index (κ2) is 9.21. The van der Waals surface area contributed by atoms with Crippen molar-refractivity contribution in [1.82, 2.24) is 15.3 Å². The number of carbonyl (C=O) groups excluding carboxylic acids is 2. The molecule has 0 spiro atoms. The molecule has 1 heterocycles. The Morgan fingerprint density at radius 2 is 1.83 bits per heavy atom. The molecule has 0 aliphatic heterocycles. The first-order valence-electron chi connectivity index (χ1n) is 8.14. The van der Waals surface area contributed by atoms with Crippen molar-refractivity contribution in [1.29, 1.82) is 0 Å². The number of ether oxygens (including phenoxy) is 1. The van der Waals surface area contributed by atoms with E-state index in [-0.39, 0.29) is 23.0 Å². The van der Waals surface area contributed by atoms with Gasteiger partial charge in [-0.25, -0.2) is 19.2 Å². The lowest BCUT2D eigenvalue weighted by Crippen LogP contribution is -2.34. The molecule has 152 valence electrons. The number of rotatable bonds is 5.